The van der Waals surface area contributed by atoms with E-state index in [9.17, 15) is 13.2 Å². The van der Waals surface area contributed by atoms with Gasteiger partial charge >= 0.3 is 0 Å². The molecule has 6 nitrogen and oxygen atoms in total. The molecule has 33 heavy (non-hydrogen) atoms. The minimum absolute atomic E-state index is 0.0801. The van der Waals surface area contributed by atoms with E-state index < -0.39 is 10.0 Å². The highest BCUT2D eigenvalue weighted by Gasteiger charge is 2.29. The van der Waals surface area contributed by atoms with Gasteiger partial charge in [0.25, 0.3) is 15.9 Å². The number of fused-ring (bicyclic) bond motifs is 1. The van der Waals surface area contributed by atoms with Crippen molar-refractivity contribution in [2.75, 3.05) is 22.8 Å². The predicted molar refractivity (Wildman–Crippen MR) is 131 cm³/mol. The topological polar surface area (TPSA) is 75.7 Å². The summed E-state index contributed by atoms with van der Waals surface area (Å²) in [6.45, 7) is 3.99. The van der Waals surface area contributed by atoms with Crippen LogP contribution in [0.2, 0.25) is 5.02 Å². The number of rotatable bonds is 6. The average Bonchev–Trinajstić information content (AvgIpc) is 2.80. The number of ether oxygens (including phenoxy) is 1. The van der Waals surface area contributed by atoms with E-state index in [1.54, 1.807) is 0 Å². The second-order valence-electron chi connectivity index (χ2n) is 8.01. The predicted octanol–water partition coefficient (Wildman–Crippen LogP) is 5.12. The number of hydrogen-bond donors (Lipinski definition) is 1. The molecule has 0 saturated heterocycles. The van der Waals surface area contributed by atoms with E-state index in [4.69, 9.17) is 16.3 Å². The van der Waals surface area contributed by atoms with Crippen LogP contribution in [0.3, 0.4) is 0 Å². The lowest BCUT2D eigenvalue weighted by atomic mass is 10.0. The minimum Gasteiger partial charge on any atom is -0.482 e. The van der Waals surface area contributed by atoms with E-state index in [0.29, 0.717) is 12.2 Å². The molecule has 0 atom stereocenters. The van der Waals surface area contributed by atoms with Gasteiger partial charge in [-0.25, -0.2) is 8.42 Å². The summed E-state index contributed by atoms with van der Waals surface area (Å²) in [5.74, 6) is -0.0867. The Labute approximate surface area is 199 Å². The summed E-state index contributed by atoms with van der Waals surface area (Å²) in [5.41, 5.74) is 4.36. The number of halogens is 1. The third-order valence-corrected chi connectivity index (χ3v) is 7.77. The molecule has 0 unspecified atom stereocenters. The first kappa shape index (κ1) is 23.1. The van der Waals surface area contributed by atoms with Crippen LogP contribution in [-0.2, 0) is 21.2 Å². The van der Waals surface area contributed by atoms with E-state index in [-0.39, 0.29) is 28.2 Å². The number of carbonyl (C=O) groups is 1. The number of aryl methyl sites for hydroxylation is 3. The minimum atomic E-state index is -3.78. The highest BCUT2D eigenvalue weighted by atomic mass is 35.5. The molecule has 1 aliphatic heterocycles. The first-order chi connectivity index (χ1) is 15.8. The number of nitrogens with one attached hydrogen (secondary N) is 1. The fraction of sp³-hybridized carbons (Fsp3) is 0.240. The Bertz CT molecular complexity index is 1290. The SMILES string of the molecule is Cc1cccc(C)c1NC(=O)COc1ccc(S(=O)(=O)N2CCCc3ccccc32)cc1Cl. The van der Waals surface area contributed by atoms with E-state index in [1.165, 1.54) is 22.5 Å². The molecule has 0 aromatic heterocycles. The van der Waals surface area contributed by atoms with Gasteiger partial charge < -0.3 is 10.1 Å². The van der Waals surface area contributed by atoms with Crippen molar-refractivity contribution in [2.24, 2.45) is 0 Å². The van der Waals surface area contributed by atoms with E-state index in [2.05, 4.69) is 5.32 Å². The highest BCUT2D eigenvalue weighted by molar-refractivity contribution is 7.92. The number of benzene rings is 3. The van der Waals surface area contributed by atoms with Crippen molar-refractivity contribution in [1.82, 2.24) is 0 Å². The molecule has 0 saturated carbocycles. The van der Waals surface area contributed by atoms with Gasteiger partial charge in [-0.05, 0) is 67.6 Å². The van der Waals surface area contributed by atoms with Gasteiger partial charge in [-0.2, -0.15) is 0 Å². The zero-order valence-corrected chi connectivity index (χ0v) is 20.0. The Kier molecular flexibility index (Phi) is 6.63. The Morgan fingerprint density at radius 2 is 1.79 bits per heavy atom. The summed E-state index contributed by atoms with van der Waals surface area (Å²) < 4.78 is 33.6. The van der Waals surface area contributed by atoms with Crippen LogP contribution in [0, 0.1) is 13.8 Å². The molecule has 0 fully saturated rings. The number of carbonyl (C=O) groups excluding carboxylic acids is 1. The fourth-order valence-electron chi connectivity index (χ4n) is 3.97. The Balaban J connectivity index is 1.48. The van der Waals surface area contributed by atoms with E-state index in [1.807, 2.05) is 56.3 Å². The first-order valence-corrected chi connectivity index (χ1v) is 12.5. The summed E-state index contributed by atoms with van der Waals surface area (Å²) >= 11 is 6.33. The van der Waals surface area contributed by atoms with E-state index in [0.717, 1.165) is 35.2 Å². The summed E-state index contributed by atoms with van der Waals surface area (Å²) in [7, 11) is -3.78. The maximum Gasteiger partial charge on any atom is 0.264 e. The van der Waals surface area contributed by atoms with Crippen LogP contribution in [0.25, 0.3) is 0 Å². The maximum atomic E-state index is 13.3. The number of hydrogen-bond acceptors (Lipinski definition) is 4. The van der Waals surface area contributed by atoms with Gasteiger partial charge in [0, 0.05) is 12.2 Å². The van der Waals surface area contributed by atoms with Crippen LogP contribution in [0.4, 0.5) is 11.4 Å². The summed E-state index contributed by atoms with van der Waals surface area (Å²) in [4.78, 5) is 12.4. The molecular formula is C25H25ClN2O4S. The molecule has 1 heterocycles. The third-order valence-electron chi connectivity index (χ3n) is 5.66. The van der Waals surface area contributed by atoms with Crippen molar-refractivity contribution >= 4 is 38.9 Å². The third kappa shape index (κ3) is 4.84. The number of anilines is 2. The zero-order valence-electron chi connectivity index (χ0n) is 18.5. The Hall–Kier alpha value is -3.03. The van der Waals surface area contributed by atoms with Gasteiger partial charge in [-0.3, -0.25) is 9.10 Å². The van der Waals surface area contributed by atoms with Gasteiger partial charge in [0.2, 0.25) is 0 Å². The molecule has 172 valence electrons. The van der Waals surface area contributed by atoms with Gasteiger partial charge in [-0.1, -0.05) is 48.0 Å². The summed E-state index contributed by atoms with van der Waals surface area (Å²) in [6.07, 6.45) is 1.60. The lowest BCUT2D eigenvalue weighted by Crippen LogP contribution is -2.35. The van der Waals surface area contributed by atoms with Crippen LogP contribution in [0.5, 0.6) is 5.75 Å². The van der Waals surface area contributed by atoms with Crippen molar-refractivity contribution in [3.63, 3.8) is 0 Å². The maximum absolute atomic E-state index is 13.3. The highest BCUT2D eigenvalue weighted by Crippen LogP contribution is 2.34. The van der Waals surface area contributed by atoms with Crippen LogP contribution in [0.15, 0.2) is 65.6 Å². The lowest BCUT2D eigenvalue weighted by Gasteiger charge is -2.30. The zero-order chi connectivity index (χ0) is 23.6. The molecule has 0 bridgehead atoms. The molecule has 3 aromatic rings. The number of sulfonamides is 1. The second-order valence-corrected chi connectivity index (χ2v) is 10.3. The first-order valence-electron chi connectivity index (χ1n) is 10.7. The van der Waals surface area contributed by atoms with Gasteiger partial charge in [0.15, 0.2) is 6.61 Å². The lowest BCUT2D eigenvalue weighted by molar-refractivity contribution is -0.118. The average molecular weight is 485 g/mol. The smallest absolute Gasteiger partial charge is 0.264 e. The molecule has 1 aliphatic rings. The molecule has 4 rings (SSSR count). The van der Waals surface area contributed by atoms with Gasteiger partial charge in [-0.15, -0.1) is 0 Å². The van der Waals surface area contributed by atoms with Crippen molar-refractivity contribution in [3.8, 4) is 5.75 Å². The molecule has 1 N–H and O–H groups in total. The summed E-state index contributed by atoms with van der Waals surface area (Å²) in [6, 6.07) is 17.6. The van der Waals surface area contributed by atoms with Gasteiger partial charge in [0.1, 0.15) is 5.75 Å². The van der Waals surface area contributed by atoms with Crippen molar-refractivity contribution in [2.45, 2.75) is 31.6 Å². The molecule has 0 spiro atoms. The molecular weight excluding hydrogens is 460 g/mol. The Morgan fingerprint density at radius 1 is 1.06 bits per heavy atom. The Morgan fingerprint density at radius 3 is 2.52 bits per heavy atom. The van der Waals surface area contributed by atoms with Crippen LogP contribution in [-0.4, -0.2) is 27.5 Å². The largest absolute Gasteiger partial charge is 0.482 e. The normalized spacial score (nSPS) is 13.4. The van der Waals surface area contributed by atoms with Gasteiger partial charge in [0.05, 0.1) is 15.6 Å². The second kappa shape index (κ2) is 9.45. The van der Waals surface area contributed by atoms with Crippen LogP contribution >= 0.6 is 11.6 Å². The van der Waals surface area contributed by atoms with Crippen molar-refractivity contribution in [1.29, 1.82) is 0 Å². The standard InChI is InChI=1S/C25H25ClN2O4S/c1-17-7-5-8-18(2)25(17)27-24(29)16-32-23-13-12-20(15-21(23)26)33(30,31)28-14-6-10-19-9-3-4-11-22(19)28/h3-5,7-9,11-13,15H,6,10,14,16H2,1-2H3,(H,27,29). The molecule has 8 heteroatoms. The number of amides is 1. The molecule has 0 radical (unpaired) electrons. The molecule has 1 amide bonds. The monoisotopic (exact) mass is 484 g/mol. The quantitative estimate of drug-likeness (QED) is 0.527. The summed E-state index contributed by atoms with van der Waals surface area (Å²) in [5, 5.41) is 2.97. The van der Waals surface area contributed by atoms with Crippen molar-refractivity contribution < 1.29 is 17.9 Å². The van der Waals surface area contributed by atoms with Crippen molar-refractivity contribution in [3.05, 3.63) is 82.4 Å². The molecule has 3 aromatic carbocycles. The number of para-hydroxylation sites is 2. The fourth-order valence-corrected chi connectivity index (χ4v) is 5.83. The van der Waals surface area contributed by atoms with E-state index >= 15 is 0 Å². The number of nitrogens with zero attached hydrogens (tertiary/aromatic N) is 1. The van der Waals surface area contributed by atoms with Crippen LogP contribution in [0.1, 0.15) is 23.1 Å². The van der Waals surface area contributed by atoms with Crippen LogP contribution < -0.4 is 14.4 Å². The molecule has 0 aliphatic carbocycles.